The smallest absolute Gasteiger partial charge is 0.242 e. The molecule has 2 aliphatic rings. The molecule has 6 nitrogen and oxygen atoms in total. The fraction of sp³-hybridized carbons (Fsp3) is 0.500. The molecule has 0 aliphatic heterocycles. The Morgan fingerprint density at radius 1 is 1.13 bits per heavy atom. The zero-order valence-electron chi connectivity index (χ0n) is 17.9. The van der Waals surface area contributed by atoms with E-state index in [2.05, 4.69) is 12.1 Å². The van der Waals surface area contributed by atoms with E-state index in [9.17, 15) is 9.59 Å². The van der Waals surface area contributed by atoms with Crippen LogP contribution in [0.15, 0.2) is 48.7 Å². The van der Waals surface area contributed by atoms with Gasteiger partial charge in [-0.3, -0.25) is 9.59 Å². The van der Waals surface area contributed by atoms with Gasteiger partial charge in [-0.25, -0.2) is 0 Å². The van der Waals surface area contributed by atoms with Crippen molar-refractivity contribution in [3.8, 4) is 0 Å². The molecule has 2 atom stereocenters. The molecule has 0 radical (unpaired) electrons. The van der Waals surface area contributed by atoms with Gasteiger partial charge in [0.15, 0.2) is 0 Å². The highest BCUT2D eigenvalue weighted by Crippen LogP contribution is 2.48. The van der Waals surface area contributed by atoms with Crippen molar-refractivity contribution in [3.05, 3.63) is 59.9 Å². The van der Waals surface area contributed by atoms with Crippen LogP contribution in [-0.2, 0) is 27.9 Å². The van der Waals surface area contributed by atoms with Crippen molar-refractivity contribution in [3.63, 3.8) is 0 Å². The van der Waals surface area contributed by atoms with Crippen LogP contribution in [0.4, 0.5) is 0 Å². The van der Waals surface area contributed by atoms with Crippen LogP contribution in [0.5, 0.6) is 0 Å². The van der Waals surface area contributed by atoms with Gasteiger partial charge >= 0.3 is 0 Å². The third kappa shape index (κ3) is 4.75. The first kappa shape index (κ1) is 20.7. The number of amides is 2. The van der Waals surface area contributed by atoms with Crippen LogP contribution >= 0.6 is 0 Å². The maximum absolute atomic E-state index is 13.2. The van der Waals surface area contributed by atoms with Gasteiger partial charge in [-0.2, -0.15) is 0 Å². The minimum atomic E-state index is -0.0284. The van der Waals surface area contributed by atoms with Crippen LogP contribution in [0.1, 0.15) is 36.4 Å². The lowest BCUT2D eigenvalue weighted by molar-refractivity contribution is -0.142. The number of aryl methyl sites for hydroxylation is 1. The molecule has 1 aromatic carbocycles. The molecule has 6 heteroatoms. The van der Waals surface area contributed by atoms with Gasteiger partial charge < -0.3 is 19.1 Å². The van der Waals surface area contributed by atoms with E-state index in [1.165, 1.54) is 5.56 Å². The van der Waals surface area contributed by atoms with Crippen molar-refractivity contribution >= 4 is 11.8 Å². The SMILES string of the molecule is COCCN(CC(=O)N(Cc1cccn1C)C1CC1)C(=O)C1CC1c1ccccc1. The number of ether oxygens (including phenoxy) is 1. The Balaban J connectivity index is 1.42. The Hall–Kier alpha value is -2.60. The van der Waals surface area contributed by atoms with E-state index in [4.69, 9.17) is 4.74 Å². The second-order valence-corrected chi connectivity index (χ2v) is 8.48. The fourth-order valence-electron chi connectivity index (χ4n) is 4.14. The molecule has 1 aromatic heterocycles. The number of hydrogen-bond donors (Lipinski definition) is 0. The van der Waals surface area contributed by atoms with E-state index < -0.39 is 0 Å². The first-order chi connectivity index (χ1) is 14.6. The van der Waals surface area contributed by atoms with Crippen LogP contribution in [0.3, 0.4) is 0 Å². The molecular weight excluding hydrogens is 378 g/mol. The van der Waals surface area contributed by atoms with Crippen molar-refractivity contribution in [2.75, 3.05) is 26.8 Å². The standard InChI is InChI=1S/C24H31N3O3/c1-25-12-6-9-20(25)16-27(19-10-11-19)23(28)17-26(13-14-30-2)24(29)22-15-21(22)18-7-4-3-5-8-18/h3-9,12,19,21-22H,10-11,13-17H2,1-2H3. The topological polar surface area (TPSA) is 54.8 Å². The van der Waals surface area contributed by atoms with E-state index >= 15 is 0 Å². The summed E-state index contributed by atoms with van der Waals surface area (Å²) in [5, 5.41) is 0. The van der Waals surface area contributed by atoms with Crippen molar-refractivity contribution in [1.82, 2.24) is 14.4 Å². The molecule has 2 fully saturated rings. The third-order valence-corrected chi connectivity index (χ3v) is 6.23. The zero-order chi connectivity index (χ0) is 21.1. The summed E-state index contributed by atoms with van der Waals surface area (Å²) >= 11 is 0. The highest BCUT2D eigenvalue weighted by Gasteiger charge is 2.46. The van der Waals surface area contributed by atoms with Crippen molar-refractivity contribution in [2.45, 2.75) is 37.8 Å². The van der Waals surface area contributed by atoms with Gasteiger partial charge in [0.2, 0.25) is 11.8 Å². The molecule has 2 saturated carbocycles. The Labute approximate surface area is 178 Å². The highest BCUT2D eigenvalue weighted by atomic mass is 16.5. The van der Waals surface area contributed by atoms with Crippen LogP contribution in [0.25, 0.3) is 0 Å². The molecule has 4 rings (SSSR count). The number of nitrogens with zero attached hydrogens (tertiary/aromatic N) is 3. The van der Waals surface area contributed by atoms with Gasteiger partial charge in [-0.1, -0.05) is 30.3 Å². The van der Waals surface area contributed by atoms with Crippen LogP contribution in [-0.4, -0.2) is 59.0 Å². The van der Waals surface area contributed by atoms with Gasteiger partial charge in [0.05, 0.1) is 19.7 Å². The second-order valence-electron chi connectivity index (χ2n) is 8.48. The molecule has 2 unspecified atom stereocenters. The Morgan fingerprint density at radius 3 is 2.53 bits per heavy atom. The fourth-order valence-corrected chi connectivity index (χ4v) is 4.14. The van der Waals surface area contributed by atoms with Crippen LogP contribution in [0.2, 0.25) is 0 Å². The lowest BCUT2D eigenvalue weighted by Gasteiger charge is -2.28. The summed E-state index contributed by atoms with van der Waals surface area (Å²) in [4.78, 5) is 30.1. The summed E-state index contributed by atoms with van der Waals surface area (Å²) < 4.78 is 7.26. The molecule has 0 bridgehead atoms. The predicted octanol–water partition coefficient (Wildman–Crippen LogP) is 2.79. The monoisotopic (exact) mass is 409 g/mol. The number of hydrogen-bond acceptors (Lipinski definition) is 3. The average Bonchev–Trinajstić information content (AvgIpc) is 3.68. The Bertz CT molecular complexity index is 875. The molecule has 2 aromatic rings. The quantitative estimate of drug-likeness (QED) is 0.606. The molecule has 2 aliphatic carbocycles. The number of carbonyl (C=O) groups excluding carboxylic acids is 2. The largest absolute Gasteiger partial charge is 0.383 e. The lowest BCUT2D eigenvalue weighted by atomic mass is 10.1. The number of methoxy groups -OCH3 is 1. The Morgan fingerprint density at radius 2 is 1.90 bits per heavy atom. The zero-order valence-corrected chi connectivity index (χ0v) is 17.9. The first-order valence-electron chi connectivity index (χ1n) is 10.8. The molecule has 2 amide bonds. The van der Waals surface area contributed by atoms with Crippen molar-refractivity contribution in [2.24, 2.45) is 13.0 Å². The van der Waals surface area contributed by atoms with Crippen LogP contribution in [0, 0.1) is 5.92 Å². The highest BCUT2D eigenvalue weighted by molar-refractivity contribution is 5.88. The van der Waals surface area contributed by atoms with Gasteiger partial charge in [0.1, 0.15) is 0 Å². The summed E-state index contributed by atoms with van der Waals surface area (Å²) in [5.74, 6) is 0.338. The van der Waals surface area contributed by atoms with Gasteiger partial charge in [-0.05, 0) is 42.9 Å². The Kier molecular flexibility index (Phi) is 6.23. The normalized spacial score (nSPS) is 20.1. The number of aromatic nitrogens is 1. The van der Waals surface area contributed by atoms with E-state index in [1.54, 1.807) is 12.0 Å². The number of rotatable bonds is 10. The average molecular weight is 410 g/mol. The van der Waals surface area contributed by atoms with Gasteiger partial charge in [0, 0.05) is 44.6 Å². The van der Waals surface area contributed by atoms with E-state index in [1.807, 2.05) is 53.0 Å². The molecule has 0 spiro atoms. The summed E-state index contributed by atoms with van der Waals surface area (Å²) in [6.07, 6.45) is 4.94. The summed E-state index contributed by atoms with van der Waals surface area (Å²) in [6.45, 7) is 1.60. The van der Waals surface area contributed by atoms with Gasteiger partial charge in [-0.15, -0.1) is 0 Å². The third-order valence-electron chi connectivity index (χ3n) is 6.23. The minimum Gasteiger partial charge on any atom is -0.383 e. The summed E-state index contributed by atoms with van der Waals surface area (Å²) in [7, 11) is 3.62. The predicted molar refractivity (Wildman–Crippen MR) is 115 cm³/mol. The van der Waals surface area contributed by atoms with Gasteiger partial charge in [0.25, 0.3) is 0 Å². The minimum absolute atomic E-state index is 0.0278. The van der Waals surface area contributed by atoms with Crippen molar-refractivity contribution in [1.29, 1.82) is 0 Å². The van der Waals surface area contributed by atoms with E-state index in [-0.39, 0.29) is 30.2 Å². The van der Waals surface area contributed by atoms with E-state index in [0.29, 0.717) is 25.7 Å². The maximum atomic E-state index is 13.2. The molecule has 0 saturated heterocycles. The molecule has 160 valence electrons. The maximum Gasteiger partial charge on any atom is 0.242 e. The first-order valence-corrected chi connectivity index (χ1v) is 10.8. The summed E-state index contributed by atoms with van der Waals surface area (Å²) in [6, 6.07) is 14.5. The molecule has 1 heterocycles. The molecule has 0 N–H and O–H groups in total. The number of benzene rings is 1. The van der Waals surface area contributed by atoms with E-state index in [0.717, 1.165) is 25.0 Å². The summed E-state index contributed by atoms with van der Waals surface area (Å²) in [5.41, 5.74) is 2.31. The molecular formula is C24H31N3O3. The number of carbonyl (C=O) groups is 2. The van der Waals surface area contributed by atoms with Crippen LogP contribution < -0.4 is 0 Å². The lowest BCUT2D eigenvalue weighted by Crippen LogP contribution is -2.45. The van der Waals surface area contributed by atoms with Crippen molar-refractivity contribution < 1.29 is 14.3 Å². The molecule has 30 heavy (non-hydrogen) atoms. The second kappa shape index (κ2) is 9.04.